The van der Waals surface area contributed by atoms with Gasteiger partial charge >= 0.3 is 0 Å². The number of hydrogen-bond donors (Lipinski definition) is 0. The van der Waals surface area contributed by atoms with E-state index in [9.17, 15) is 14.9 Å². The number of aryl methyl sites for hydroxylation is 1. The van der Waals surface area contributed by atoms with Gasteiger partial charge in [-0.05, 0) is 25.0 Å². The molecule has 2 heterocycles. The summed E-state index contributed by atoms with van der Waals surface area (Å²) < 4.78 is 1.67. The molecule has 1 saturated heterocycles. The summed E-state index contributed by atoms with van der Waals surface area (Å²) >= 11 is 0. The number of rotatable bonds is 5. The van der Waals surface area contributed by atoms with Gasteiger partial charge < -0.3 is 9.80 Å². The second-order valence-corrected chi connectivity index (χ2v) is 6.34. The van der Waals surface area contributed by atoms with Crippen molar-refractivity contribution in [2.45, 2.75) is 19.4 Å². The van der Waals surface area contributed by atoms with Crippen LogP contribution in [0.4, 0.5) is 11.4 Å². The van der Waals surface area contributed by atoms with Crippen LogP contribution in [0.3, 0.4) is 0 Å². The molecule has 132 valence electrons. The number of nitrogens with zero attached hydrogens (tertiary/aromatic N) is 5. The average Bonchev–Trinajstić information content (AvgIpc) is 3.25. The second-order valence-electron chi connectivity index (χ2n) is 6.34. The molecule has 1 aromatic heterocycles. The highest BCUT2D eigenvalue weighted by molar-refractivity contribution is 5.95. The minimum absolute atomic E-state index is 0.0115. The lowest BCUT2D eigenvalue weighted by Gasteiger charge is -2.19. The summed E-state index contributed by atoms with van der Waals surface area (Å²) in [6.07, 6.45) is 5.60. The number of carbonyl (C=O) groups excluding carboxylic acids is 1. The molecule has 1 aliphatic rings. The fourth-order valence-corrected chi connectivity index (χ4v) is 3.15. The Balaban J connectivity index is 1.82. The van der Waals surface area contributed by atoms with Crippen molar-refractivity contribution in [2.24, 2.45) is 7.05 Å². The number of anilines is 1. The molecule has 0 unspecified atom stereocenters. The van der Waals surface area contributed by atoms with Crippen LogP contribution in [0.1, 0.15) is 28.8 Å². The van der Waals surface area contributed by atoms with E-state index in [2.05, 4.69) is 5.10 Å². The number of aromatic nitrogens is 2. The van der Waals surface area contributed by atoms with Crippen LogP contribution < -0.4 is 4.90 Å². The van der Waals surface area contributed by atoms with Gasteiger partial charge in [0.2, 0.25) is 0 Å². The highest BCUT2D eigenvalue weighted by Crippen LogP contribution is 2.32. The van der Waals surface area contributed by atoms with E-state index in [-0.39, 0.29) is 11.6 Å². The van der Waals surface area contributed by atoms with E-state index in [0.717, 1.165) is 31.5 Å². The Morgan fingerprint density at radius 3 is 2.68 bits per heavy atom. The van der Waals surface area contributed by atoms with Crippen LogP contribution in [0, 0.1) is 10.1 Å². The molecule has 3 rings (SSSR count). The van der Waals surface area contributed by atoms with Gasteiger partial charge in [0.25, 0.3) is 11.6 Å². The zero-order chi connectivity index (χ0) is 18.0. The van der Waals surface area contributed by atoms with E-state index >= 15 is 0 Å². The summed E-state index contributed by atoms with van der Waals surface area (Å²) in [5.74, 6) is -0.250. The maximum atomic E-state index is 12.6. The van der Waals surface area contributed by atoms with Crippen LogP contribution in [-0.4, -0.2) is 45.6 Å². The summed E-state index contributed by atoms with van der Waals surface area (Å²) in [4.78, 5) is 27.2. The van der Waals surface area contributed by atoms with Crippen molar-refractivity contribution in [2.75, 3.05) is 25.0 Å². The molecule has 8 nitrogen and oxygen atoms in total. The van der Waals surface area contributed by atoms with Crippen LogP contribution in [0.2, 0.25) is 0 Å². The molecule has 0 N–H and O–H groups in total. The van der Waals surface area contributed by atoms with Gasteiger partial charge in [-0.3, -0.25) is 19.6 Å². The van der Waals surface area contributed by atoms with Gasteiger partial charge in [0.15, 0.2) is 0 Å². The number of hydrogen-bond acceptors (Lipinski definition) is 5. The predicted molar refractivity (Wildman–Crippen MR) is 93.5 cm³/mol. The van der Waals surface area contributed by atoms with Crippen molar-refractivity contribution in [3.63, 3.8) is 0 Å². The first-order valence-corrected chi connectivity index (χ1v) is 8.22. The monoisotopic (exact) mass is 343 g/mol. The SMILES string of the molecule is CN(Cc1cnn(C)c1)C(=O)c1ccc(N2CCCC2)c([N+](=O)[O-])c1. The molecule has 0 aliphatic carbocycles. The van der Waals surface area contributed by atoms with Crippen LogP contribution in [0.5, 0.6) is 0 Å². The zero-order valence-electron chi connectivity index (χ0n) is 14.4. The Bertz CT molecular complexity index is 795. The predicted octanol–water partition coefficient (Wildman–Crippen LogP) is 2.20. The molecule has 0 atom stereocenters. The van der Waals surface area contributed by atoms with E-state index in [1.165, 1.54) is 11.0 Å². The first kappa shape index (κ1) is 16.9. The van der Waals surface area contributed by atoms with Crippen LogP contribution in [-0.2, 0) is 13.6 Å². The molecule has 1 fully saturated rings. The van der Waals surface area contributed by atoms with E-state index in [0.29, 0.717) is 17.8 Å². The topological polar surface area (TPSA) is 84.5 Å². The van der Waals surface area contributed by atoms with Crippen molar-refractivity contribution in [1.82, 2.24) is 14.7 Å². The van der Waals surface area contributed by atoms with Crippen LogP contribution >= 0.6 is 0 Å². The number of benzene rings is 1. The molecule has 0 bridgehead atoms. The van der Waals surface area contributed by atoms with E-state index < -0.39 is 4.92 Å². The third-order valence-electron chi connectivity index (χ3n) is 4.39. The fourth-order valence-electron chi connectivity index (χ4n) is 3.15. The van der Waals surface area contributed by atoms with Gasteiger partial charge in [-0.15, -0.1) is 0 Å². The molecular formula is C17H21N5O3. The zero-order valence-corrected chi connectivity index (χ0v) is 14.4. The average molecular weight is 343 g/mol. The molecule has 1 aliphatic heterocycles. The number of nitro benzene ring substituents is 1. The lowest BCUT2D eigenvalue weighted by molar-refractivity contribution is -0.384. The minimum Gasteiger partial charge on any atom is -0.366 e. The normalized spacial score (nSPS) is 13.9. The first-order chi connectivity index (χ1) is 12.0. The molecular weight excluding hydrogens is 322 g/mol. The van der Waals surface area contributed by atoms with Gasteiger partial charge in [-0.1, -0.05) is 0 Å². The van der Waals surface area contributed by atoms with Crippen LogP contribution in [0.15, 0.2) is 30.6 Å². The summed E-state index contributed by atoms with van der Waals surface area (Å²) in [5.41, 5.74) is 1.80. The van der Waals surface area contributed by atoms with Gasteiger partial charge in [0, 0.05) is 57.1 Å². The standard InChI is InChI=1S/C17H21N5O3/c1-19(11-13-10-18-20(2)12-13)17(23)14-5-6-15(16(9-14)22(24)25)21-7-3-4-8-21/h5-6,9-10,12H,3-4,7-8,11H2,1-2H3. The Labute approximate surface area is 145 Å². The maximum Gasteiger partial charge on any atom is 0.293 e. The lowest BCUT2D eigenvalue weighted by Crippen LogP contribution is -2.26. The molecule has 25 heavy (non-hydrogen) atoms. The lowest BCUT2D eigenvalue weighted by atomic mass is 10.1. The van der Waals surface area contributed by atoms with Crippen molar-refractivity contribution < 1.29 is 9.72 Å². The molecule has 2 aromatic rings. The third-order valence-corrected chi connectivity index (χ3v) is 4.39. The van der Waals surface area contributed by atoms with Gasteiger partial charge in [-0.2, -0.15) is 5.10 Å². The summed E-state index contributed by atoms with van der Waals surface area (Å²) in [7, 11) is 3.49. The summed E-state index contributed by atoms with van der Waals surface area (Å²) in [6, 6.07) is 4.74. The van der Waals surface area contributed by atoms with Gasteiger partial charge in [-0.25, -0.2) is 0 Å². The van der Waals surface area contributed by atoms with Crippen molar-refractivity contribution in [3.05, 3.63) is 51.8 Å². The Morgan fingerprint density at radius 2 is 2.08 bits per heavy atom. The van der Waals surface area contributed by atoms with E-state index in [4.69, 9.17) is 0 Å². The Hall–Kier alpha value is -2.90. The van der Waals surface area contributed by atoms with Gasteiger partial charge in [0.1, 0.15) is 5.69 Å². The maximum absolute atomic E-state index is 12.6. The van der Waals surface area contributed by atoms with E-state index in [1.807, 2.05) is 18.1 Å². The van der Waals surface area contributed by atoms with Crippen molar-refractivity contribution >= 4 is 17.3 Å². The highest BCUT2D eigenvalue weighted by atomic mass is 16.6. The van der Waals surface area contributed by atoms with Crippen molar-refractivity contribution in [1.29, 1.82) is 0 Å². The van der Waals surface area contributed by atoms with Crippen molar-refractivity contribution in [3.8, 4) is 0 Å². The quantitative estimate of drug-likeness (QED) is 0.614. The highest BCUT2D eigenvalue weighted by Gasteiger charge is 2.24. The second kappa shape index (κ2) is 6.92. The molecule has 1 aromatic carbocycles. The number of carbonyl (C=O) groups is 1. The molecule has 0 radical (unpaired) electrons. The van der Waals surface area contributed by atoms with E-state index in [1.54, 1.807) is 30.1 Å². The summed E-state index contributed by atoms with van der Waals surface area (Å²) in [5, 5.41) is 15.5. The smallest absolute Gasteiger partial charge is 0.293 e. The molecule has 0 saturated carbocycles. The number of amides is 1. The molecule has 8 heteroatoms. The third kappa shape index (κ3) is 3.62. The van der Waals surface area contributed by atoms with Gasteiger partial charge in [0.05, 0.1) is 11.1 Å². The molecule has 1 amide bonds. The summed E-state index contributed by atoms with van der Waals surface area (Å²) in [6.45, 7) is 2.03. The first-order valence-electron chi connectivity index (χ1n) is 8.22. The molecule has 0 spiro atoms. The number of nitro groups is 1. The minimum atomic E-state index is -0.411. The Kier molecular flexibility index (Phi) is 4.69. The fraction of sp³-hybridized carbons (Fsp3) is 0.412. The van der Waals surface area contributed by atoms with Crippen LogP contribution in [0.25, 0.3) is 0 Å². The largest absolute Gasteiger partial charge is 0.366 e. The Morgan fingerprint density at radius 1 is 1.36 bits per heavy atom.